The Kier molecular flexibility index (Phi) is 4.95. The molecule has 2 amide bonds. The van der Waals surface area contributed by atoms with E-state index in [-0.39, 0.29) is 16.4 Å². The molecule has 132 valence electrons. The SMILES string of the molecule is O=C1NC(=O)C(CCc2cc3ccc(OCc4ccccc4)cc3s2)S1. The highest BCUT2D eigenvalue weighted by Gasteiger charge is 2.31. The summed E-state index contributed by atoms with van der Waals surface area (Å²) < 4.78 is 7.06. The number of thioether (sulfide) groups is 1. The van der Waals surface area contributed by atoms with Crippen molar-refractivity contribution in [2.24, 2.45) is 0 Å². The molecule has 2 heterocycles. The van der Waals surface area contributed by atoms with Crippen LogP contribution in [0.3, 0.4) is 0 Å². The Morgan fingerprint density at radius 2 is 1.88 bits per heavy atom. The monoisotopic (exact) mass is 383 g/mol. The summed E-state index contributed by atoms with van der Waals surface area (Å²) in [5, 5.41) is 3.01. The Morgan fingerprint density at radius 3 is 2.65 bits per heavy atom. The number of aryl methyl sites for hydroxylation is 1. The molecular formula is C20H17NO3S2. The Morgan fingerprint density at radius 1 is 1.04 bits per heavy atom. The Labute approximate surface area is 159 Å². The third-order valence-electron chi connectivity index (χ3n) is 4.21. The number of fused-ring (bicyclic) bond motifs is 1. The number of carbonyl (C=O) groups is 2. The summed E-state index contributed by atoms with van der Waals surface area (Å²) in [7, 11) is 0. The van der Waals surface area contributed by atoms with Crippen molar-refractivity contribution in [2.75, 3.05) is 0 Å². The van der Waals surface area contributed by atoms with Gasteiger partial charge in [-0.05, 0) is 48.1 Å². The minimum absolute atomic E-state index is 0.169. The average molecular weight is 383 g/mol. The lowest BCUT2D eigenvalue weighted by atomic mass is 10.2. The van der Waals surface area contributed by atoms with E-state index in [9.17, 15) is 9.59 Å². The summed E-state index contributed by atoms with van der Waals surface area (Å²) in [5.41, 5.74) is 1.14. The first kappa shape index (κ1) is 17.1. The molecule has 3 aromatic rings. The highest BCUT2D eigenvalue weighted by Crippen LogP contribution is 2.32. The van der Waals surface area contributed by atoms with Gasteiger partial charge in [0, 0.05) is 9.58 Å². The van der Waals surface area contributed by atoms with E-state index >= 15 is 0 Å². The number of carbonyl (C=O) groups excluding carboxylic acids is 2. The van der Waals surface area contributed by atoms with Crippen LogP contribution in [0.15, 0.2) is 54.6 Å². The predicted octanol–water partition coefficient (Wildman–Crippen LogP) is 4.76. The first-order valence-corrected chi connectivity index (χ1v) is 10.1. The molecule has 0 radical (unpaired) electrons. The van der Waals surface area contributed by atoms with Gasteiger partial charge in [-0.1, -0.05) is 42.1 Å². The number of benzene rings is 2. The molecule has 6 heteroatoms. The highest BCUT2D eigenvalue weighted by molar-refractivity contribution is 8.15. The van der Waals surface area contributed by atoms with Crippen LogP contribution in [0.5, 0.6) is 5.75 Å². The molecule has 4 nitrogen and oxygen atoms in total. The molecule has 1 aliphatic heterocycles. The van der Waals surface area contributed by atoms with Crippen molar-refractivity contribution in [1.29, 1.82) is 0 Å². The van der Waals surface area contributed by atoms with Gasteiger partial charge in [-0.3, -0.25) is 14.9 Å². The lowest BCUT2D eigenvalue weighted by Crippen LogP contribution is -2.24. The largest absolute Gasteiger partial charge is 0.489 e. The van der Waals surface area contributed by atoms with E-state index < -0.39 is 0 Å². The van der Waals surface area contributed by atoms with Gasteiger partial charge in [-0.25, -0.2) is 0 Å². The van der Waals surface area contributed by atoms with Crippen LogP contribution in [0.1, 0.15) is 16.9 Å². The molecular weight excluding hydrogens is 366 g/mol. The van der Waals surface area contributed by atoms with Crippen molar-refractivity contribution in [2.45, 2.75) is 24.7 Å². The smallest absolute Gasteiger partial charge is 0.286 e. The van der Waals surface area contributed by atoms with Crippen molar-refractivity contribution in [3.63, 3.8) is 0 Å². The van der Waals surface area contributed by atoms with Gasteiger partial charge in [0.2, 0.25) is 5.91 Å². The fraction of sp³-hybridized carbons (Fsp3) is 0.200. The van der Waals surface area contributed by atoms with Crippen LogP contribution in [0.2, 0.25) is 0 Å². The molecule has 4 rings (SSSR count). The van der Waals surface area contributed by atoms with E-state index in [0.717, 1.165) is 29.5 Å². The van der Waals surface area contributed by atoms with E-state index in [2.05, 4.69) is 23.5 Å². The zero-order valence-corrected chi connectivity index (χ0v) is 15.6. The van der Waals surface area contributed by atoms with Gasteiger partial charge < -0.3 is 4.74 Å². The van der Waals surface area contributed by atoms with E-state index in [4.69, 9.17) is 4.74 Å². The topological polar surface area (TPSA) is 55.4 Å². The average Bonchev–Trinajstić information content (AvgIpc) is 3.20. The normalized spacial score (nSPS) is 16.8. The molecule has 1 aliphatic rings. The second-order valence-corrected chi connectivity index (χ2v) is 8.45. The number of ether oxygens (including phenoxy) is 1. The summed E-state index contributed by atoms with van der Waals surface area (Å²) in [5.74, 6) is 0.684. The third kappa shape index (κ3) is 3.92. The fourth-order valence-electron chi connectivity index (χ4n) is 2.88. The number of hydrogen-bond acceptors (Lipinski definition) is 5. The van der Waals surface area contributed by atoms with Gasteiger partial charge >= 0.3 is 0 Å². The van der Waals surface area contributed by atoms with Crippen LogP contribution in [0, 0.1) is 0 Å². The molecule has 0 aliphatic carbocycles. The summed E-state index contributed by atoms with van der Waals surface area (Å²) in [6.45, 7) is 0.548. The molecule has 1 fully saturated rings. The molecule has 1 N–H and O–H groups in total. The van der Waals surface area contributed by atoms with Crippen LogP contribution in [-0.4, -0.2) is 16.4 Å². The molecule has 1 atom stereocenters. The van der Waals surface area contributed by atoms with Crippen molar-refractivity contribution in [3.05, 3.63) is 65.0 Å². The first-order valence-electron chi connectivity index (χ1n) is 8.38. The van der Waals surface area contributed by atoms with Gasteiger partial charge in [-0.15, -0.1) is 11.3 Å². The maximum Gasteiger partial charge on any atom is 0.286 e. The van der Waals surface area contributed by atoms with Crippen molar-refractivity contribution in [3.8, 4) is 5.75 Å². The van der Waals surface area contributed by atoms with Crippen LogP contribution in [0.4, 0.5) is 4.79 Å². The molecule has 0 spiro atoms. The highest BCUT2D eigenvalue weighted by atomic mass is 32.2. The minimum atomic E-state index is -0.266. The third-order valence-corrected chi connectivity index (χ3v) is 6.42. The lowest BCUT2D eigenvalue weighted by molar-refractivity contribution is -0.119. The van der Waals surface area contributed by atoms with Crippen molar-refractivity contribution in [1.82, 2.24) is 5.32 Å². The standard InChI is InChI=1S/C20H17NO3S2/c22-19-17(26-20(23)21-19)9-8-16-10-14-6-7-15(11-18(14)25-16)24-12-13-4-2-1-3-5-13/h1-7,10-11,17H,8-9,12H2,(H,21,22,23). The number of hydrogen-bond donors (Lipinski definition) is 1. The van der Waals surface area contributed by atoms with Gasteiger partial charge in [0.15, 0.2) is 0 Å². The second kappa shape index (κ2) is 7.51. The Bertz CT molecular complexity index is 952. The molecule has 1 unspecified atom stereocenters. The van der Waals surface area contributed by atoms with E-state index in [1.165, 1.54) is 15.0 Å². The van der Waals surface area contributed by atoms with E-state index in [1.807, 2.05) is 36.4 Å². The fourth-order valence-corrected chi connectivity index (χ4v) is 4.80. The maximum absolute atomic E-state index is 11.6. The quantitative estimate of drug-likeness (QED) is 0.666. The lowest BCUT2D eigenvalue weighted by Gasteiger charge is -2.06. The predicted molar refractivity (Wildman–Crippen MR) is 106 cm³/mol. The Hall–Kier alpha value is -2.31. The summed E-state index contributed by atoms with van der Waals surface area (Å²) in [4.78, 5) is 24.1. The molecule has 1 aromatic heterocycles. The van der Waals surface area contributed by atoms with Gasteiger partial charge in [-0.2, -0.15) is 0 Å². The number of thiophene rings is 1. The second-order valence-electron chi connectivity index (χ2n) is 6.11. The number of imide groups is 1. The molecule has 2 aromatic carbocycles. The van der Waals surface area contributed by atoms with Crippen LogP contribution >= 0.6 is 23.1 Å². The molecule has 0 bridgehead atoms. The molecule has 0 saturated carbocycles. The summed E-state index contributed by atoms with van der Waals surface area (Å²) in [6, 6.07) is 18.4. The number of amides is 2. The summed E-state index contributed by atoms with van der Waals surface area (Å²) in [6.07, 6.45) is 1.46. The molecule has 1 saturated heterocycles. The van der Waals surface area contributed by atoms with Gasteiger partial charge in [0.25, 0.3) is 5.24 Å². The van der Waals surface area contributed by atoms with Gasteiger partial charge in [0.05, 0.1) is 5.25 Å². The molecule has 26 heavy (non-hydrogen) atoms. The van der Waals surface area contributed by atoms with E-state index in [0.29, 0.717) is 13.0 Å². The van der Waals surface area contributed by atoms with Crippen molar-refractivity contribution >= 4 is 44.3 Å². The number of rotatable bonds is 6. The van der Waals surface area contributed by atoms with Crippen molar-refractivity contribution < 1.29 is 14.3 Å². The van der Waals surface area contributed by atoms with Crippen LogP contribution in [-0.2, 0) is 17.8 Å². The van der Waals surface area contributed by atoms with E-state index in [1.54, 1.807) is 11.3 Å². The maximum atomic E-state index is 11.6. The minimum Gasteiger partial charge on any atom is -0.489 e. The zero-order valence-electron chi connectivity index (χ0n) is 13.9. The Balaban J connectivity index is 1.40. The van der Waals surface area contributed by atoms with Crippen LogP contribution in [0.25, 0.3) is 10.1 Å². The summed E-state index contributed by atoms with van der Waals surface area (Å²) >= 11 is 2.80. The zero-order chi connectivity index (χ0) is 17.9. The van der Waals surface area contributed by atoms with Gasteiger partial charge in [0.1, 0.15) is 12.4 Å². The number of nitrogens with one attached hydrogen (secondary N) is 1. The first-order chi connectivity index (χ1) is 12.7. The van der Waals surface area contributed by atoms with Crippen LogP contribution < -0.4 is 10.1 Å².